The van der Waals surface area contributed by atoms with Crippen LogP contribution in [0.15, 0.2) is 47.5 Å². The smallest absolute Gasteiger partial charge is 0.256 e. The largest absolute Gasteiger partial charge is 0.307 e. The number of anilines is 1. The third-order valence-corrected chi connectivity index (χ3v) is 4.52. The molecule has 0 aliphatic rings. The predicted octanol–water partition coefficient (Wildman–Crippen LogP) is 3.16. The molecule has 0 spiro atoms. The first-order chi connectivity index (χ1) is 9.97. The average molecular weight is 302 g/mol. The van der Waals surface area contributed by atoms with Crippen LogP contribution in [0.25, 0.3) is 0 Å². The molecule has 1 amide bonds. The van der Waals surface area contributed by atoms with Gasteiger partial charge in [0, 0.05) is 21.9 Å². The number of nitrogens with one attached hydrogen (secondary N) is 1. The van der Waals surface area contributed by atoms with E-state index in [1.54, 1.807) is 36.5 Å². The Morgan fingerprint density at radius 1 is 1.14 bits per heavy atom. The fourth-order valence-corrected chi connectivity index (χ4v) is 2.69. The molecule has 1 atom stereocenters. The van der Waals surface area contributed by atoms with E-state index in [0.29, 0.717) is 11.4 Å². The number of hydrogen-bond acceptors (Lipinski definition) is 3. The van der Waals surface area contributed by atoms with Gasteiger partial charge in [-0.2, -0.15) is 0 Å². The van der Waals surface area contributed by atoms with Crippen molar-refractivity contribution in [2.45, 2.75) is 30.9 Å². The Labute approximate surface area is 127 Å². The quantitative estimate of drug-likeness (QED) is 0.943. The molecule has 21 heavy (non-hydrogen) atoms. The molecule has 1 heterocycles. The molecule has 4 nitrogen and oxygen atoms in total. The van der Waals surface area contributed by atoms with Crippen molar-refractivity contribution in [2.24, 2.45) is 0 Å². The predicted molar refractivity (Wildman–Crippen MR) is 84.9 cm³/mol. The molecule has 0 bridgehead atoms. The lowest BCUT2D eigenvalue weighted by Crippen LogP contribution is -2.13. The van der Waals surface area contributed by atoms with Gasteiger partial charge < -0.3 is 5.32 Å². The number of aryl methyl sites for hydroxylation is 1. The first kappa shape index (κ1) is 15.4. The van der Waals surface area contributed by atoms with Gasteiger partial charge in [0.15, 0.2) is 0 Å². The average Bonchev–Trinajstić information content (AvgIpc) is 2.49. The Hall–Kier alpha value is -2.01. The molecule has 0 fully saturated rings. The highest BCUT2D eigenvalue weighted by Gasteiger charge is 2.11. The van der Waals surface area contributed by atoms with Crippen LogP contribution in [0.3, 0.4) is 0 Å². The summed E-state index contributed by atoms with van der Waals surface area (Å²) < 4.78 is 11.9. The number of amides is 1. The maximum atomic E-state index is 12.1. The van der Waals surface area contributed by atoms with Gasteiger partial charge >= 0.3 is 0 Å². The van der Waals surface area contributed by atoms with Crippen LogP contribution in [0.5, 0.6) is 0 Å². The van der Waals surface area contributed by atoms with Crippen molar-refractivity contribution in [3.63, 3.8) is 0 Å². The SMILES string of the molecule is Cc1ccc(NC(=O)c2ccc([S@@](=O)C(C)C)cc2)nc1. The molecule has 110 valence electrons. The summed E-state index contributed by atoms with van der Waals surface area (Å²) in [7, 11) is -1.04. The van der Waals surface area contributed by atoms with Gasteiger partial charge in [-0.3, -0.25) is 9.00 Å². The first-order valence-electron chi connectivity index (χ1n) is 6.72. The molecule has 0 radical (unpaired) electrons. The minimum atomic E-state index is -1.04. The number of pyridine rings is 1. The number of benzene rings is 1. The fourth-order valence-electron chi connectivity index (χ4n) is 1.74. The molecule has 0 aliphatic carbocycles. The summed E-state index contributed by atoms with van der Waals surface area (Å²) in [4.78, 5) is 17.0. The lowest BCUT2D eigenvalue weighted by atomic mass is 10.2. The summed E-state index contributed by atoms with van der Waals surface area (Å²) >= 11 is 0. The lowest BCUT2D eigenvalue weighted by molar-refractivity contribution is 0.102. The van der Waals surface area contributed by atoms with Gasteiger partial charge in [0.1, 0.15) is 5.82 Å². The van der Waals surface area contributed by atoms with Gasteiger partial charge in [0.2, 0.25) is 0 Å². The number of carbonyl (C=O) groups is 1. The van der Waals surface area contributed by atoms with Crippen LogP contribution < -0.4 is 5.32 Å². The second-order valence-electron chi connectivity index (χ2n) is 5.05. The zero-order valence-corrected chi connectivity index (χ0v) is 13.1. The summed E-state index contributed by atoms with van der Waals surface area (Å²) in [5.41, 5.74) is 1.55. The lowest BCUT2D eigenvalue weighted by Gasteiger charge is -2.07. The summed E-state index contributed by atoms with van der Waals surface area (Å²) in [6.07, 6.45) is 1.70. The summed E-state index contributed by atoms with van der Waals surface area (Å²) in [6.45, 7) is 5.74. The van der Waals surface area contributed by atoms with E-state index >= 15 is 0 Å². The molecule has 5 heteroatoms. The second-order valence-corrected chi connectivity index (χ2v) is 7.05. The Morgan fingerprint density at radius 2 is 1.81 bits per heavy atom. The molecule has 1 N–H and O–H groups in total. The van der Waals surface area contributed by atoms with Crippen LogP contribution in [-0.2, 0) is 10.8 Å². The van der Waals surface area contributed by atoms with E-state index < -0.39 is 10.8 Å². The van der Waals surface area contributed by atoms with Crippen molar-refractivity contribution < 1.29 is 9.00 Å². The van der Waals surface area contributed by atoms with Gasteiger partial charge in [-0.1, -0.05) is 19.9 Å². The molecule has 0 unspecified atom stereocenters. The van der Waals surface area contributed by atoms with Crippen LogP contribution in [0.1, 0.15) is 29.8 Å². The third-order valence-electron chi connectivity index (χ3n) is 2.93. The zero-order valence-electron chi connectivity index (χ0n) is 12.3. The van der Waals surface area contributed by atoms with Crippen LogP contribution >= 0.6 is 0 Å². The van der Waals surface area contributed by atoms with Gasteiger partial charge in [-0.15, -0.1) is 0 Å². The number of aromatic nitrogens is 1. The van der Waals surface area contributed by atoms with E-state index in [1.807, 2.05) is 26.8 Å². The van der Waals surface area contributed by atoms with Crippen molar-refractivity contribution >= 4 is 22.5 Å². The van der Waals surface area contributed by atoms with Gasteiger partial charge in [0.25, 0.3) is 5.91 Å². The van der Waals surface area contributed by atoms with Gasteiger partial charge in [-0.25, -0.2) is 4.98 Å². The molecular weight excluding hydrogens is 284 g/mol. The molecule has 1 aromatic heterocycles. The molecule has 0 saturated carbocycles. The highest BCUT2D eigenvalue weighted by molar-refractivity contribution is 7.85. The maximum Gasteiger partial charge on any atom is 0.256 e. The summed E-state index contributed by atoms with van der Waals surface area (Å²) in [5.74, 6) is 0.286. The first-order valence-corrected chi connectivity index (χ1v) is 7.93. The second kappa shape index (κ2) is 6.63. The van der Waals surface area contributed by atoms with Crippen molar-refractivity contribution in [1.82, 2.24) is 4.98 Å². The summed E-state index contributed by atoms with van der Waals surface area (Å²) in [5, 5.41) is 2.79. The van der Waals surface area contributed by atoms with Crippen molar-refractivity contribution in [3.8, 4) is 0 Å². The fraction of sp³-hybridized carbons (Fsp3) is 0.250. The van der Waals surface area contributed by atoms with Crippen LogP contribution in [-0.4, -0.2) is 20.3 Å². The van der Waals surface area contributed by atoms with Crippen LogP contribution in [0, 0.1) is 6.92 Å². The van der Waals surface area contributed by atoms with Crippen molar-refractivity contribution in [1.29, 1.82) is 0 Å². The van der Waals surface area contributed by atoms with Gasteiger partial charge in [0.05, 0.1) is 10.8 Å². The Morgan fingerprint density at radius 3 is 2.33 bits per heavy atom. The molecule has 1 aromatic carbocycles. The molecule has 0 saturated heterocycles. The van der Waals surface area contributed by atoms with Crippen molar-refractivity contribution in [3.05, 3.63) is 53.7 Å². The number of carbonyl (C=O) groups excluding carboxylic acids is 1. The van der Waals surface area contributed by atoms with Crippen LogP contribution in [0.2, 0.25) is 0 Å². The van der Waals surface area contributed by atoms with E-state index in [1.165, 1.54) is 0 Å². The molecule has 2 aromatic rings. The van der Waals surface area contributed by atoms with Gasteiger partial charge in [-0.05, 0) is 42.8 Å². The number of nitrogens with zero attached hydrogens (tertiary/aromatic N) is 1. The zero-order chi connectivity index (χ0) is 15.4. The van der Waals surface area contributed by atoms with E-state index in [9.17, 15) is 9.00 Å². The molecule has 0 aliphatic heterocycles. The maximum absolute atomic E-state index is 12.1. The normalized spacial score (nSPS) is 12.2. The highest BCUT2D eigenvalue weighted by atomic mass is 32.2. The van der Waals surface area contributed by atoms with E-state index in [-0.39, 0.29) is 11.2 Å². The molecule has 2 rings (SSSR count). The number of hydrogen-bond donors (Lipinski definition) is 1. The minimum Gasteiger partial charge on any atom is -0.307 e. The van der Waals surface area contributed by atoms with E-state index in [2.05, 4.69) is 10.3 Å². The highest BCUT2D eigenvalue weighted by Crippen LogP contribution is 2.13. The van der Waals surface area contributed by atoms with E-state index in [4.69, 9.17) is 0 Å². The van der Waals surface area contributed by atoms with Crippen molar-refractivity contribution in [2.75, 3.05) is 5.32 Å². The van der Waals surface area contributed by atoms with Crippen LogP contribution in [0.4, 0.5) is 5.82 Å². The molecular formula is C16H18N2O2S. The monoisotopic (exact) mass is 302 g/mol. The standard InChI is InChI=1S/C16H18N2O2S/c1-11(2)21(20)14-7-5-13(6-8-14)16(19)18-15-9-4-12(3)10-17-15/h4-11H,1-3H3,(H,17,18,19)/t21-/m0/s1. The summed E-state index contributed by atoms with van der Waals surface area (Å²) in [6, 6.07) is 10.5. The third kappa shape index (κ3) is 3.98. The topological polar surface area (TPSA) is 59.1 Å². The Balaban J connectivity index is 2.09. The Kier molecular flexibility index (Phi) is 4.85. The van der Waals surface area contributed by atoms with E-state index in [0.717, 1.165) is 10.5 Å². The number of rotatable bonds is 4. The Bertz CT molecular complexity index is 649. The minimum absolute atomic E-state index is 0.0569.